The first-order valence-electron chi connectivity index (χ1n) is 4.72. The highest BCUT2D eigenvalue weighted by Crippen LogP contribution is 2.08. The molecule has 0 aliphatic carbocycles. The maximum Gasteiger partial charge on any atom is 0.248 e. The van der Waals surface area contributed by atoms with E-state index in [0.717, 1.165) is 11.3 Å². The minimum atomic E-state index is -0.119. The zero-order valence-corrected chi connectivity index (χ0v) is 9.11. The number of pyridine rings is 2. The van der Waals surface area contributed by atoms with Gasteiger partial charge in [0.05, 0.1) is 10.7 Å². The van der Waals surface area contributed by atoms with Crippen LogP contribution in [0.25, 0.3) is 12.2 Å². The van der Waals surface area contributed by atoms with E-state index in [0.29, 0.717) is 5.02 Å². The molecule has 16 heavy (non-hydrogen) atoms. The van der Waals surface area contributed by atoms with Crippen LogP contribution in [0.3, 0.4) is 0 Å². The van der Waals surface area contributed by atoms with Gasteiger partial charge in [-0.1, -0.05) is 17.7 Å². The molecule has 0 aromatic carbocycles. The first-order valence-corrected chi connectivity index (χ1v) is 5.10. The number of H-pyrrole nitrogens is 1. The Kier molecular flexibility index (Phi) is 3.17. The molecule has 0 amide bonds. The van der Waals surface area contributed by atoms with Gasteiger partial charge >= 0.3 is 0 Å². The smallest absolute Gasteiger partial charge is 0.248 e. The van der Waals surface area contributed by atoms with Crippen LogP contribution in [-0.4, -0.2) is 9.97 Å². The summed E-state index contributed by atoms with van der Waals surface area (Å²) in [5.74, 6) is 0. The van der Waals surface area contributed by atoms with Crippen molar-refractivity contribution in [2.24, 2.45) is 0 Å². The molecule has 0 fully saturated rings. The van der Waals surface area contributed by atoms with Crippen LogP contribution in [0.5, 0.6) is 0 Å². The van der Waals surface area contributed by atoms with Crippen molar-refractivity contribution in [1.82, 2.24) is 9.97 Å². The first-order chi connectivity index (χ1) is 7.74. The van der Waals surface area contributed by atoms with Crippen molar-refractivity contribution in [3.63, 3.8) is 0 Å². The predicted octanol–water partition coefficient (Wildman–Crippen LogP) is 2.59. The molecule has 2 aromatic heterocycles. The Morgan fingerprint density at radius 1 is 1.25 bits per heavy atom. The summed E-state index contributed by atoms with van der Waals surface area (Å²) < 4.78 is 0. The van der Waals surface area contributed by atoms with E-state index in [1.165, 1.54) is 6.07 Å². The minimum absolute atomic E-state index is 0.119. The summed E-state index contributed by atoms with van der Waals surface area (Å²) in [6.45, 7) is 0. The number of rotatable bonds is 2. The Bertz CT molecular complexity index is 558. The number of nitrogens with one attached hydrogen (secondary N) is 1. The number of hydrogen-bond acceptors (Lipinski definition) is 2. The second-order valence-corrected chi connectivity index (χ2v) is 3.66. The van der Waals surface area contributed by atoms with Gasteiger partial charge < -0.3 is 4.98 Å². The highest BCUT2D eigenvalue weighted by atomic mass is 35.5. The van der Waals surface area contributed by atoms with Gasteiger partial charge in [-0.15, -0.1) is 0 Å². The summed E-state index contributed by atoms with van der Waals surface area (Å²) in [5, 5.41) is 0.605. The van der Waals surface area contributed by atoms with Crippen LogP contribution in [0.2, 0.25) is 5.02 Å². The van der Waals surface area contributed by atoms with E-state index in [1.54, 1.807) is 18.5 Å². The fourth-order valence-corrected chi connectivity index (χ4v) is 1.34. The molecule has 0 bridgehead atoms. The summed E-state index contributed by atoms with van der Waals surface area (Å²) in [5.41, 5.74) is 1.51. The fourth-order valence-electron chi connectivity index (χ4n) is 1.23. The molecule has 0 spiro atoms. The van der Waals surface area contributed by atoms with Gasteiger partial charge in [-0.2, -0.15) is 0 Å². The Hall–Kier alpha value is -1.87. The highest BCUT2D eigenvalue weighted by molar-refractivity contribution is 6.30. The number of halogens is 1. The zero-order chi connectivity index (χ0) is 11.4. The Morgan fingerprint density at radius 3 is 2.81 bits per heavy atom. The van der Waals surface area contributed by atoms with Crippen LogP contribution in [0.15, 0.2) is 41.5 Å². The molecule has 0 unspecified atom stereocenters. The lowest BCUT2D eigenvalue weighted by molar-refractivity contribution is 1.23. The van der Waals surface area contributed by atoms with Gasteiger partial charge in [-0.3, -0.25) is 9.78 Å². The molecular weight excluding hydrogens is 224 g/mol. The van der Waals surface area contributed by atoms with Gasteiger partial charge in [0, 0.05) is 18.5 Å². The molecule has 2 rings (SSSR count). The number of aromatic amines is 1. The third-order valence-electron chi connectivity index (χ3n) is 2.00. The van der Waals surface area contributed by atoms with E-state index < -0.39 is 0 Å². The number of hydrogen-bond donors (Lipinski definition) is 1. The highest BCUT2D eigenvalue weighted by Gasteiger charge is 1.90. The first kappa shape index (κ1) is 10.6. The molecule has 2 heterocycles. The van der Waals surface area contributed by atoms with Crippen molar-refractivity contribution in [2.45, 2.75) is 0 Å². The average molecular weight is 233 g/mol. The summed E-state index contributed by atoms with van der Waals surface area (Å²) in [4.78, 5) is 17.7. The van der Waals surface area contributed by atoms with Gasteiger partial charge in [-0.05, 0) is 29.8 Å². The van der Waals surface area contributed by atoms with Crippen LogP contribution in [0, 0.1) is 0 Å². The maximum absolute atomic E-state index is 11.0. The SMILES string of the molecule is O=c1cc(C=Cc2ccc(Cl)cn2)cc[nH]1. The lowest BCUT2D eigenvalue weighted by Gasteiger charge is -1.93. The molecule has 1 N–H and O–H groups in total. The van der Waals surface area contributed by atoms with Crippen LogP contribution in [-0.2, 0) is 0 Å². The van der Waals surface area contributed by atoms with Gasteiger partial charge in [0.25, 0.3) is 0 Å². The Labute approximate surface area is 97.4 Å². The van der Waals surface area contributed by atoms with Crippen LogP contribution >= 0.6 is 11.6 Å². The summed E-state index contributed by atoms with van der Waals surface area (Å²) in [6, 6.07) is 6.91. The van der Waals surface area contributed by atoms with Crippen molar-refractivity contribution in [1.29, 1.82) is 0 Å². The van der Waals surface area contributed by atoms with Crippen molar-refractivity contribution < 1.29 is 0 Å². The van der Waals surface area contributed by atoms with Gasteiger partial charge in [0.15, 0.2) is 0 Å². The predicted molar refractivity (Wildman–Crippen MR) is 65.2 cm³/mol. The summed E-state index contributed by atoms with van der Waals surface area (Å²) >= 11 is 5.72. The van der Waals surface area contributed by atoms with Crippen molar-refractivity contribution >= 4 is 23.8 Å². The third-order valence-corrected chi connectivity index (χ3v) is 2.22. The standard InChI is InChI=1S/C12H9ClN2O/c13-10-2-4-11(15-8-10)3-1-9-5-6-14-12(16)7-9/h1-8H,(H,14,16). The van der Waals surface area contributed by atoms with Gasteiger partial charge in [-0.25, -0.2) is 0 Å². The third kappa shape index (κ3) is 2.81. The topological polar surface area (TPSA) is 45.8 Å². The molecule has 0 saturated carbocycles. The van der Waals surface area contributed by atoms with Gasteiger partial charge in [0.2, 0.25) is 5.56 Å². The van der Waals surface area contributed by atoms with E-state index in [4.69, 9.17) is 11.6 Å². The Morgan fingerprint density at radius 2 is 2.12 bits per heavy atom. The quantitative estimate of drug-likeness (QED) is 0.865. The van der Waals surface area contributed by atoms with Crippen LogP contribution < -0.4 is 5.56 Å². The van der Waals surface area contributed by atoms with E-state index in [1.807, 2.05) is 24.3 Å². The monoisotopic (exact) mass is 232 g/mol. The molecule has 80 valence electrons. The minimum Gasteiger partial charge on any atom is -0.329 e. The normalized spacial score (nSPS) is 10.8. The largest absolute Gasteiger partial charge is 0.329 e. The fraction of sp³-hybridized carbons (Fsp3) is 0. The van der Waals surface area contributed by atoms with Crippen LogP contribution in [0.4, 0.5) is 0 Å². The molecule has 4 heteroatoms. The maximum atomic E-state index is 11.0. The molecule has 0 aliphatic rings. The van der Waals surface area contributed by atoms with E-state index in [-0.39, 0.29) is 5.56 Å². The second kappa shape index (κ2) is 4.77. The van der Waals surface area contributed by atoms with E-state index in [9.17, 15) is 4.79 Å². The second-order valence-electron chi connectivity index (χ2n) is 3.22. The summed E-state index contributed by atoms with van der Waals surface area (Å²) in [7, 11) is 0. The lowest BCUT2D eigenvalue weighted by atomic mass is 10.2. The number of aromatic nitrogens is 2. The molecular formula is C12H9ClN2O. The zero-order valence-electron chi connectivity index (χ0n) is 8.35. The molecule has 2 aromatic rings. The lowest BCUT2D eigenvalue weighted by Crippen LogP contribution is -2.01. The molecule has 0 saturated heterocycles. The van der Waals surface area contributed by atoms with E-state index in [2.05, 4.69) is 9.97 Å². The van der Waals surface area contributed by atoms with Crippen molar-refractivity contribution in [3.8, 4) is 0 Å². The average Bonchev–Trinajstić information content (AvgIpc) is 2.28. The Balaban J connectivity index is 2.21. The van der Waals surface area contributed by atoms with E-state index >= 15 is 0 Å². The van der Waals surface area contributed by atoms with Gasteiger partial charge in [0.1, 0.15) is 0 Å². The molecule has 0 atom stereocenters. The molecule has 0 radical (unpaired) electrons. The van der Waals surface area contributed by atoms with Crippen LogP contribution in [0.1, 0.15) is 11.3 Å². The van der Waals surface area contributed by atoms with Crippen molar-refractivity contribution in [3.05, 3.63) is 63.3 Å². The number of nitrogens with zero attached hydrogens (tertiary/aromatic N) is 1. The van der Waals surface area contributed by atoms with Crippen molar-refractivity contribution in [2.75, 3.05) is 0 Å². The molecule has 0 aliphatic heterocycles. The summed E-state index contributed by atoms with van der Waals surface area (Å²) in [6.07, 6.45) is 6.84. The molecule has 3 nitrogen and oxygen atoms in total.